The third-order valence-corrected chi connectivity index (χ3v) is 3.73. The average Bonchev–Trinajstić information content (AvgIpc) is 2.36. The van der Waals surface area contributed by atoms with Crippen molar-refractivity contribution >= 4 is 31.5 Å². The molecule has 0 saturated heterocycles. The summed E-state index contributed by atoms with van der Waals surface area (Å²) in [7, 11) is 7.18. The topological polar surface area (TPSA) is 35.5 Å². The van der Waals surface area contributed by atoms with E-state index in [9.17, 15) is 4.21 Å². The van der Waals surface area contributed by atoms with Crippen LogP contribution in [-0.4, -0.2) is 18.4 Å². The van der Waals surface area contributed by atoms with Crippen molar-refractivity contribution in [2.75, 3.05) is 14.2 Å². The summed E-state index contributed by atoms with van der Waals surface area (Å²) in [5, 5.41) is 1.72. The third kappa shape index (κ3) is 2.23. The molecule has 0 aliphatic heterocycles. The van der Waals surface area contributed by atoms with Crippen molar-refractivity contribution in [3.63, 3.8) is 0 Å². The van der Waals surface area contributed by atoms with E-state index in [1.54, 1.807) is 19.2 Å². The summed E-state index contributed by atoms with van der Waals surface area (Å²) in [5.74, 6) is 1.20. The molecule has 5 heteroatoms. The monoisotopic (exact) mass is 270 g/mol. The van der Waals surface area contributed by atoms with E-state index < -0.39 is 10.0 Å². The predicted octanol–water partition coefficient (Wildman–Crippen LogP) is 3.12. The van der Waals surface area contributed by atoms with Crippen molar-refractivity contribution in [3.05, 3.63) is 30.3 Å². The zero-order chi connectivity index (χ0) is 12.4. The number of methoxy groups -OCH3 is 2. The lowest BCUT2D eigenvalue weighted by molar-refractivity contribution is 0.405. The molecule has 0 aliphatic rings. The van der Waals surface area contributed by atoms with E-state index in [1.807, 2.05) is 18.2 Å². The van der Waals surface area contributed by atoms with E-state index in [0.29, 0.717) is 16.4 Å². The van der Waals surface area contributed by atoms with Crippen molar-refractivity contribution in [3.8, 4) is 11.5 Å². The first-order valence-corrected chi connectivity index (χ1v) is 6.87. The minimum absolute atomic E-state index is 0.477. The Bertz CT molecular complexity index is 578. The minimum Gasteiger partial charge on any atom is -0.497 e. The number of halogens is 1. The Kier molecular flexibility index (Phi) is 3.54. The maximum atomic E-state index is 11.6. The van der Waals surface area contributed by atoms with Gasteiger partial charge in [0.1, 0.15) is 16.4 Å². The smallest absolute Gasteiger partial charge is 0.151 e. The molecule has 0 bridgehead atoms. The molecule has 0 aliphatic carbocycles. The summed E-state index contributed by atoms with van der Waals surface area (Å²) in [6, 6.07) is 9.18. The first-order valence-electron chi connectivity index (χ1n) is 4.90. The van der Waals surface area contributed by atoms with Gasteiger partial charge in [-0.15, -0.1) is 0 Å². The summed E-state index contributed by atoms with van der Waals surface area (Å²) in [5.41, 5.74) is 0. The van der Waals surface area contributed by atoms with Crippen LogP contribution in [0.3, 0.4) is 0 Å². The number of hydrogen-bond acceptors (Lipinski definition) is 3. The number of benzene rings is 2. The fourth-order valence-electron chi connectivity index (χ4n) is 1.70. The zero-order valence-electron chi connectivity index (χ0n) is 9.40. The van der Waals surface area contributed by atoms with Gasteiger partial charge in [0.15, 0.2) is 10.0 Å². The Balaban J connectivity index is 2.81. The normalized spacial score (nSPS) is 12.4. The average molecular weight is 271 g/mol. The number of hydrogen-bond donors (Lipinski definition) is 0. The standard InChI is InChI=1S/C12H11ClO3S/c1-15-9-5-3-8-4-6-11(16-2)12(17(13)14)10(8)7-9/h3-7H,1-2H3. The zero-order valence-corrected chi connectivity index (χ0v) is 11.0. The SMILES string of the molecule is COc1ccc2ccc(OC)c(S(=O)Cl)c2c1. The van der Waals surface area contributed by atoms with Crippen molar-refractivity contribution in [1.29, 1.82) is 0 Å². The van der Waals surface area contributed by atoms with Crippen LogP contribution in [0.2, 0.25) is 0 Å². The molecule has 2 rings (SSSR count). The maximum Gasteiger partial charge on any atom is 0.151 e. The molecule has 1 unspecified atom stereocenters. The number of fused-ring (bicyclic) bond motifs is 1. The molecule has 90 valence electrons. The molecule has 2 aromatic rings. The van der Waals surface area contributed by atoms with Crippen molar-refractivity contribution in [1.82, 2.24) is 0 Å². The van der Waals surface area contributed by atoms with Gasteiger partial charge in [-0.1, -0.05) is 12.1 Å². The summed E-state index contributed by atoms with van der Waals surface area (Å²) in [6.45, 7) is 0. The van der Waals surface area contributed by atoms with Gasteiger partial charge in [-0.3, -0.25) is 0 Å². The van der Waals surface area contributed by atoms with E-state index in [2.05, 4.69) is 0 Å². The molecule has 0 heterocycles. The summed E-state index contributed by atoms with van der Waals surface area (Å²) >= 11 is 0. The third-order valence-electron chi connectivity index (χ3n) is 2.52. The summed E-state index contributed by atoms with van der Waals surface area (Å²) in [6.07, 6.45) is 0. The van der Waals surface area contributed by atoms with E-state index in [-0.39, 0.29) is 0 Å². The number of rotatable bonds is 3. The second kappa shape index (κ2) is 4.94. The second-order valence-electron chi connectivity index (χ2n) is 3.41. The molecule has 17 heavy (non-hydrogen) atoms. The molecule has 0 radical (unpaired) electrons. The number of ether oxygens (including phenoxy) is 2. The largest absolute Gasteiger partial charge is 0.497 e. The van der Waals surface area contributed by atoms with Crippen molar-refractivity contribution < 1.29 is 13.7 Å². The second-order valence-corrected chi connectivity index (χ2v) is 5.10. The van der Waals surface area contributed by atoms with Crippen LogP contribution in [0, 0.1) is 0 Å². The van der Waals surface area contributed by atoms with E-state index in [4.69, 9.17) is 20.2 Å². The minimum atomic E-state index is -1.63. The van der Waals surface area contributed by atoms with E-state index in [1.165, 1.54) is 7.11 Å². The Morgan fingerprint density at radius 3 is 2.41 bits per heavy atom. The molecule has 0 N–H and O–H groups in total. The molecule has 0 saturated carbocycles. The Hall–Kier alpha value is -1.26. The summed E-state index contributed by atoms with van der Waals surface area (Å²) in [4.78, 5) is 0.477. The lowest BCUT2D eigenvalue weighted by Gasteiger charge is -2.09. The molecule has 1 atom stereocenters. The lowest BCUT2D eigenvalue weighted by Crippen LogP contribution is -1.93. The van der Waals surface area contributed by atoms with Crippen LogP contribution >= 0.6 is 10.7 Å². The highest BCUT2D eigenvalue weighted by Gasteiger charge is 2.14. The van der Waals surface area contributed by atoms with Gasteiger partial charge in [0.25, 0.3) is 0 Å². The van der Waals surface area contributed by atoms with Gasteiger partial charge in [-0.2, -0.15) is 0 Å². The van der Waals surface area contributed by atoms with Crippen LogP contribution in [0.5, 0.6) is 11.5 Å². The van der Waals surface area contributed by atoms with Gasteiger partial charge in [-0.05, 0) is 34.3 Å². The molecule has 3 nitrogen and oxygen atoms in total. The van der Waals surface area contributed by atoms with Crippen LogP contribution < -0.4 is 9.47 Å². The molecule has 0 aromatic heterocycles. The lowest BCUT2D eigenvalue weighted by atomic mass is 10.1. The van der Waals surface area contributed by atoms with Crippen LogP contribution in [0.4, 0.5) is 0 Å². The van der Waals surface area contributed by atoms with Crippen LogP contribution in [0.1, 0.15) is 0 Å². The van der Waals surface area contributed by atoms with Crippen LogP contribution in [0.15, 0.2) is 35.2 Å². The van der Waals surface area contributed by atoms with Gasteiger partial charge in [-0.25, -0.2) is 4.21 Å². The highest BCUT2D eigenvalue weighted by atomic mass is 35.7. The fraction of sp³-hybridized carbons (Fsp3) is 0.167. The fourth-order valence-corrected chi connectivity index (χ4v) is 2.84. The predicted molar refractivity (Wildman–Crippen MR) is 69.3 cm³/mol. The highest BCUT2D eigenvalue weighted by molar-refractivity contribution is 8.08. The van der Waals surface area contributed by atoms with Gasteiger partial charge in [0.05, 0.1) is 14.2 Å². The van der Waals surface area contributed by atoms with Gasteiger partial charge in [0, 0.05) is 5.39 Å². The molecule has 0 fully saturated rings. The Labute approximate surface area is 106 Å². The first kappa shape index (κ1) is 12.2. The van der Waals surface area contributed by atoms with Crippen molar-refractivity contribution in [2.45, 2.75) is 4.90 Å². The van der Waals surface area contributed by atoms with Gasteiger partial charge < -0.3 is 9.47 Å². The highest BCUT2D eigenvalue weighted by Crippen LogP contribution is 2.34. The quantitative estimate of drug-likeness (QED) is 0.804. The summed E-state index contributed by atoms with van der Waals surface area (Å²) < 4.78 is 21.9. The molecule has 2 aromatic carbocycles. The molecular weight excluding hydrogens is 260 g/mol. The van der Waals surface area contributed by atoms with E-state index >= 15 is 0 Å². The van der Waals surface area contributed by atoms with E-state index in [0.717, 1.165) is 10.8 Å². The Morgan fingerprint density at radius 1 is 1.12 bits per heavy atom. The first-order chi connectivity index (χ1) is 8.17. The van der Waals surface area contributed by atoms with Crippen molar-refractivity contribution in [2.24, 2.45) is 0 Å². The van der Waals surface area contributed by atoms with Crippen LogP contribution in [0.25, 0.3) is 10.8 Å². The van der Waals surface area contributed by atoms with Gasteiger partial charge >= 0.3 is 0 Å². The van der Waals surface area contributed by atoms with Crippen LogP contribution in [-0.2, 0) is 10.0 Å². The molecule has 0 amide bonds. The van der Waals surface area contributed by atoms with Gasteiger partial charge in [0.2, 0.25) is 0 Å². The Morgan fingerprint density at radius 2 is 1.82 bits per heavy atom. The molecule has 0 spiro atoms. The maximum absolute atomic E-state index is 11.6. The molecular formula is C12H11ClO3S.